The van der Waals surface area contributed by atoms with E-state index in [0.29, 0.717) is 5.56 Å². The quantitative estimate of drug-likeness (QED) is 0.830. The van der Waals surface area contributed by atoms with Crippen LogP contribution in [0.5, 0.6) is 11.5 Å². The van der Waals surface area contributed by atoms with Crippen molar-refractivity contribution in [3.05, 3.63) is 23.0 Å². The zero-order valence-corrected chi connectivity index (χ0v) is 9.24. The zero-order valence-electron chi connectivity index (χ0n) is 9.24. The van der Waals surface area contributed by atoms with Crippen molar-refractivity contribution in [1.82, 2.24) is 0 Å². The third-order valence-electron chi connectivity index (χ3n) is 2.54. The standard InChI is InChI=1S/C11H13FO4/c1-5-7(6(2)11(14)15)4-8(12)10(16-3)9(5)13/h4,6,13H,1-3H3,(H,14,15). The first-order valence-corrected chi connectivity index (χ1v) is 4.68. The van der Waals surface area contributed by atoms with Gasteiger partial charge in [0.25, 0.3) is 0 Å². The summed E-state index contributed by atoms with van der Waals surface area (Å²) in [5.74, 6) is -3.35. The van der Waals surface area contributed by atoms with Gasteiger partial charge < -0.3 is 14.9 Å². The molecule has 0 spiro atoms. The fourth-order valence-electron chi connectivity index (χ4n) is 1.51. The van der Waals surface area contributed by atoms with Gasteiger partial charge in [0.1, 0.15) is 0 Å². The Morgan fingerprint density at radius 1 is 1.56 bits per heavy atom. The second-order valence-corrected chi connectivity index (χ2v) is 3.51. The number of rotatable bonds is 3. The van der Waals surface area contributed by atoms with Gasteiger partial charge in [0.2, 0.25) is 0 Å². The molecule has 0 bridgehead atoms. The molecule has 0 fully saturated rings. The molecule has 1 rings (SSSR count). The van der Waals surface area contributed by atoms with Crippen LogP contribution in [0.3, 0.4) is 0 Å². The van der Waals surface area contributed by atoms with Crippen molar-refractivity contribution in [2.24, 2.45) is 0 Å². The Bertz CT molecular complexity index is 428. The summed E-state index contributed by atoms with van der Waals surface area (Å²) in [6.45, 7) is 2.95. The number of hydrogen-bond acceptors (Lipinski definition) is 3. The number of benzene rings is 1. The summed E-state index contributed by atoms with van der Waals surface area (Å²) in [5.41, 5.74) is 0.552. The molecule has 0 aliphatic rings. The number of phenolic OH excluding ortho intramolecular Hbond substituents is 1. The molecule has 16 heavy (non-hydrogen) atoms. The molecule has 1 unspecified atom stereocenters. The van der Waals surface area contributed by atoms with Crippen molar-refractivity contribution < 1.29 is 24.1 Å². The summed E-state index contributed by atoms with van der Waals surface area (Å²) in [7, 11) is 1.23. The van der Waals surface area contributed by atoms with Gasteiger partial charge in [-0.3, -0.25) is 4.79 Å². The van der Waals surface area contributed by atoms with E-state index in [-0.39, 0.29) is 17.1 Å². The Labute approximate surface area is 92.3 Å². The van der Waals surface area contributed by atoms with Gasteiger partial charge in [0.15, 0.2) is 17.3 Å². The van der Waals surface area contributed by atoms with Crippen LogP contribution >= 0.6 is 0 Å². The van der Waals surface area contributed by atoms with E-state index in [1.807, 2.05) is 0 Å². The Kier molecular flexibility index (Phi) is 3.37. The lowest BCUT2D eigenvalue weighted by molar-refractivity contribution is -0.138. The first-order valence-electron chi connectivity index (χ1n) is 4.68. The van der Waals surface area contributed by atoms with Crippen molar-refractivity contribution in [1.29, 1.82) is 0 Å². The van der Waals surface area contributed by atoms with Crippen molar-refractivity contribution >= 4 is 5.97 Å². The number of ether oxygens (including phenoxy) is 1. The van der Waals surface area contributed by atoms with Crippen molar-refractivity contribution in [3.63, 3.8) is 0 Å². The van der Waals surface area contributed by atoms with Crippen LogP contribution in [0.4, 0.5) is 4.39 Å². The fourth-order valence-corrected chi connectivity index (χ4v) is 1.51. The van der Waals surface area contributed by atoms with Crippen molar-refractivity contribution in [2.75, 3.05) is 7.11 Å². The minimum absolute atomic E-state index is 0.239. The number of aromatic hydroxyl groups is 1. The van der Waals surface area contributed by atoms with Crippen molar-refractivity contribution in [2.45, 2.75) is 19.8 Å². The molecule has 2 N–H and O–H groups in total. The molecule has 0 aliphatic heterocycles. The first kappa shape index (κ1) is 12.3. The minimum Gasteiger partial charge on any atom is -0.504 e. The molecule has 88 valence electrons. The normalized spacial score (nSPS) is 12.2. The summed E-state index contributed by atoms with van der Waals surface area (Å²) in [4.78, 5) is 10.8. The maximum Gasteiger partial charge on any atom is 0.310 e. The summed E-state index contributed by atoms with van der Waals surface area (Å²) >= 11 is 0. The summed E-state index contributed by atoms with van der Waals surface area (Å²) < 4.78 is 18.1. The highest BCUT2D eigenvalue weighted by Crippen LogP contribution is 2.37. The Hall–Kier alpha value is -1.78. The number of aliphatic carboxylic acids is 1. The van der Waals surface area contributed by atoms with Crippen LogP contribution in [0.25, 0.3) is 0 Å². The molecule has 4 nitrogen and oxygen atoms in total. The molecule has 1 aromatic rings. The Balaban J connectivity index is 3.39. The third kappa shape index (κ3) is 1.93. The van der Waals surface area contributed by atoms with E-state index < -0.39 is 17.7 Å². The van der Waals surface area contributed by atoms with E-state index in [4.69, 9.17) is 5.11 Å². The number of halogens is 1. The molecule has 0 amide bonds. The van der Waals surface area contributed by atoms with Gasteiger partial charge in [-0.1, -0.05) is 0 Å². The molecular weight excluding hydrogens is 215 g/mol. The second kappa shape index (κ2) is 4.38. The topological polar surface area (TPSA) is 66.8 Å². The van der Waals surface area contributed by atoms with Crippen molar-refractivity contribution in [3.8, 4) is 11.5 Å². The molecule has 0 saturated heterocycles. The lowest BCUT2D eigenvalue weighted by Gasteiger charge is -2.14. The van der Waals surface area contributed by atoms with Gasteiger partial charge in [-0.05, 0) is 31.0 Å². The van der Waals surface area contributed by atoms with E-state index in [0.717, 1.165) is 6.07 Å². The van der Waals surface area contributed by atoms with Gasteiger partial charge in [-0.15, -0.1) is 0 Å². The summed E-state index contributed by atoms with van der Waals surface area (Å²) in [6.07, 6.45) is 0. The molecule has 0 radical (unpaired) electrons. The van der Waals surface area contributed by atoms with E-state index >= 15 is 0 Å². The van der Waals surface area contributed by atoms with Gasteiger partial charge >= 0.3 is 5.97 Å². The second-order valence-electron chi connectivity index (χ2n) is 3.51. The summed E-state index contributed by atoms with van der Waals surface area (Å²) in [6, 6.07) is 1.08. The number of methoxy groups -OCH3 is 1. The first-order chi connectivity index (χ1) is 7.40. The molecular formula is C11H13FO4. The predicted octanol–water partition coefficient (Wildman–Crippen LogP) is 2.04. The van der Waals surface area contributed by atoms with Gasteiger partial charge in [0, 0.05) is 0 Å². The average Bonchev–Trinajstić information content (AvgIpc) is 2.23. The fraction of sp³-hybridized carbons (Fsp3) is 0.364. The maximum absolute atomic E-state index is 13.4. The Morgan fingerprint density at radius 2 is 2.12 bits per heavy atom. The summed E-state index contributed by atoms with van der Waals surface area (Å²) in [5, 5.41) is 18.5. The zero-order chi connectivity index (χ0) is 12.5. The van der Waals surface area contributed by atoms with Crippen LogP contribution in [-0.4, -0.2) is 23.3 Å². The smallest absolute Gasteiger partial charge is 0.310 e. The number of carboxylic acid groups (broad SMARTS) is 1. The molecule has 0 saturated carbocycles. The van der Waals surface area contributed by atoms with Gasteiger partial charge in [-0.2, -0.15) is 0 Å². The number of carboxylic acids is 1. The monoisotopic (exact) mass is 228 g/mol. The highest BCUT2D eigenvalue weighted by molar-refractivity contribution is 5.76. The van der Waals surface area contributed by atoms with Crippen LogP contribution in [0.1, 0.15) is 24.0 Å². The predicted molar refractivity (Wildman–Crippen MR) is 55.4 cm³/mol. The van der Waals surface area contributed by atoms with Gasteiger partial charge in [-0.25, -0.2) is 4.39 Å². The Morgan fingerprint density at radius 3 is 2.56 bits per heavy atom. The molecule has 0 aromatic heterocycles. The number of phenols is 1. The van der Waals surface area contributed by atoms with Crippen LogP contribution < -0.4 is 4.74 Å². The minimum atomic E-state index is -1.08. The highest BCUT2D eigenvalue weighted by Gasteiger charge is 2.22. The number of carbonyl (C=O) groups is 1. The van der Waals surface area contributed by atoms with E-state index in [2.05, 4.69) is 4.74 Å². The molecule has 1 atom stereocenters. The molecule has 5 heteroatoms. The van der Waals surface area contributed by atoms with Crippen LogP contribution in [0, 0.1) is 12.7 Å². The largest absolute Gasteiger partial charge is 0.504 e. The van der Waals surface area contributed by atoms with E-state index in [9.17, 15) is 14.3 Å². The lowest BCUT2D eigenvalue weighted by atomic mass is 9.95. The highest BCUT2D eigenvalue weighted by atomic mass is 19.1. The number of hydrogen-bond donors (Lipinski definition) is 2. The third-order valence-corrected chi connectivity index (χ3v) is 2.54. The molecule has 0 aliphatic carbocycles. The molecule has 0 heterocycles. The SMILES string of the molecule is COc1c(F)cc(C(C)C(=O)O)c(C)c1O. The van der Waals surface area contributed by atoms with E-state index in [1.54, 1.807) is 0 Å². The molecule has 1 aromatic carbocycles. The van der Waals surface area contributed by atoms with Crippen LogP contribution in [0.15, 0.2) is 6.07 Å². The maximum atomic E-state index is 13.4. The average molecular weight is 228 g/mol. The van der Waals surface area contributed by atoms with E-state index in [1.165, 1.54) is 21.0 Å². The van der Waals surface area contributed by atoms with Crippen LogP contribution in [0.2, 0.25) is 0 Å². The van der Waals surface area contributed by atoms with Gasteiger partial charge in [0.05, 0.1) is 13.0 Å². The lowest BCUT2D eigenvalue weighted by Crippen LogP contribution is -2.10. The van der Waals surface area contributed by atoms with Crippen LogP contribution in [-0.2, 0) is 4.79 Å².